The van der Waals surface area contributed by atoms with E-state index in [0.717, 1.165) is 12.1 Å². The van der Waals surface area contributed by atoms with Gasteiger partial charge in [-0.25, -0.2) is 9.97 Å². The van der Waals surface area contributed by atoms with Crippen molar-refractivity contribution in [1.82, 2.24) is 14.9 Å². The van der Waals surface area contributed by atoms with E-state index >= 15 is 0 Å². The number of hydrogen-bond acceptors (Lipinski definition) is 7. The zero-order valence-electron chi connectivity index (χ0n) is 17.8. The van der Waals surface area contributed by atoms with Crippen LogP contribution < -0.4 is 11.1 Å². The minimum absolute atomic E-state index is 0.00444. The number of methoxy groups -OCH3 is 1. The van der Waals surface area contributed by atoms with Gasteiger partial charge in [0.2, 0.25) is 5.28 Å². The van der Waals surface area contributed by atoms with Crippen molar-refractivity contribution < 1.29 is 27.4 Å². The van der Waals surface area contributed by atoms with Crippen LogP contribution in [0.25, 0.3) is 0 Å². The molecule has 1 fully saturated rings. The first-order chi connectivity index (χ1) is 15.6. The van der Waals surface area contributed by atoms with Crippen LogP contribution in [-0.4, -0.2) is 53.2 Å². The molecule has 12 heteroatoms. The van der Waals surface area contributed by atoms with E-state index in [9.17, 15) is 18.0 Å². The lowest BCUT2D eigenvalue weighted by Crippen LogP contribution is -2.52. The summed E-state index contributed by atoms with van der Waals surface area (Å²) in [4.78, 5) is 23.4. The Kier molecular flexibility index (Phi) is 6.39. The van der Waals surface area contributed by atoms with Crippen LogP contribution in [0.3, 0.4) is 0 Å². The summed E-state index contributed by atoms with van der Waals surface area (Å²) in [6.45, 7) is 1.29. The SMILES string of the molecule is COC1(C(=O)N2CCc3nc(Cl)nc(NCc4cc(N)cc(C(F)(F)F)c4)c3C2)CCOC1. The Morgan fingerprint density at radius 1 is 1.36 bits per heavy atom. The molecule has 1 atom stereocenters. The molecule has 1 amide bonds. The van der Waals surface area contributed by atoms with Crippen LogP contribution in [0, 0.1) is 0 Å². The molecule has 1 saturated heterocycles. The minimum Gasteiger partial charge on any atom is -0.399 e. The zero-order chi connectivity index (χ0) is 23.8. The van der Waals surface area contributed by atoms with Crippen molar-refractivity contribution in [2.45, 2.75) is 37.7 Å². The maximum atomic E-state index is 13.2. The molecule has 2 aliphatic heterocycles. The van der Waals surface area contributed by atoms with Crippen LogP contribution in [0.1, 0.15) is 28.8 Å². The quantitative estimate of drug-likeness (QED) is 0.495. The lowest BCUT2D eigenvalue weighted by atomic mass is 9.98. The van der Waals surface area contributed by atoms with Gasteiger partial charge in [-0.1, -0.05) is 0 Å². The summed E-state index contributed by atoms with van der Waals surface area (Å²) in [7, 11) is 1.49. The highest BCUT2D eigenvalue weighted by atomic mass is 35.5. The number of nitrogens with two attached hydrogens (primary N) is 1. The topological polar surface area (TPSA) is 103 Å². The van der Waals surface area contributed by atoms with Crippen LogP contribution in [0.5, 0.6) is 0 Å². The summed E-state index contributed by atoms with van der Waals surface area (Å²) in [5.74, 6) is 0.173. The van der Waals surface area contributed by atoms with Crippen LogP contribution in [0.4, 0.5) is 24.7 Å². The fourth-order valence-corrected chi connectivity index (χ4v) is 4.31. The molecule has 33 heavy (non-hydrogen) atoms. The number of alkyl halides is 3. The average Bonchev–Trinajstić information content (AvgIpc) is 3.26. The Bertz CT molecular complexity index is 1060. The van der Waals surface area contributed by atoms with Gasteiger partial charge in [0.1, 0.15) is 5.82 Å². The first kappa shape index (κ1) is 23.5. The number of nitrogens with one attached hydrogen (secondary N) is 1. The molecule has 1 unspecified atom stereocenters. The van der Waals surface area contributed by atoms with E-state index in [-0.39, 0.29) is 36.6 Å². The number of ether oxygens (including phenoxy) is 2. The van der Waals surface area contributed by atoms with Crippen molar-refractivity contribution >= 4 is 29.0 Å². The second-order valence-corrected chi connectivity index (χ2v) is 8.40. The van der Waals surface area contributed by atoms with Gasteiger partial charge in [-0.05, 0) is 35.4 Å². The van der Waals surface area contributed by atoms with E-state index in [1.54, 1.807) is 4.90 Å². The molecule has 8 nitrogen and oxygen atoms in total. The van der Waals surface area contributed by atoms with E-state index in [0.29, 0.717) is 48.6 Å². The normalized spacial score (nSPS) is 20.6. The second-order valence-electron chi connectivity index (χ2n) is 8.06. The van der Waals surface area contributed by atoms with Gasteiger partial charge >= 0.3 is 6.18 Å². The largest absolute Gasteiger partial charge is 0.416 e. The lowest BCUT2D eigenvalue weighted by Gasteiger charge is -2.35. The van der Waals surface area contributed by atoms with Gasteiger partial charge in [-0.2, -0.15) is 13.2 Å². The van der Waals surface area contributed by atoms with Crippen molar-refractivity contribution in [2.75, 3.05) is 37.9 Å². The minimum atomic E-state index is -4.51. The molecule has 0 spiro atoms. The van der Waals surface area contributed by atoms with E-state index in [2.05, 4.69) is 15.3 Å². The van der Waals surface area contributed by atoms with Crippen LogP contribution in [0.2, 0.25) is 5.28 Å². The maximum absolute atomic E-state index is 13.2. The number of benzene rings is 1. The third kappa shape index (κ3) is 4.85. The maximum Gasteiger partial charge on any atom is 0.416 e. The van der Waals surface area contributed by atoms with Crippen molar-refractivity contribution in [3.8, 4) is 0 Å². The van der Waals surface area contributed by atoms with Gasteiger partial charge in [-0.15, -0.1) is 0 Å². The number of aromatic nitrogens is 2. The third-order valence-corrected chi connectivity index (χ3v) is 6.06. The smallest absolute Gasteiger partial charge is 0.399 e. The predicted octanol–water partition coefficient (Wildman–Crippen LogP) is 3.03. The molecule has 0 aliphatic carbocycles. The number of carbonyl (C=O) groups excluding carboxylic acids is 1. The average molecular weight is 486 g/mol. The number of fused-ring (bicyclic) bond motifs is 1. The summed E-state index contributed by atoms with van der Waals surface area (Å²) in [5.41, 5.74) is 5.48. The number of anilines is 2. The number of hydrogen-bond donors (Lipinski definition) is 2. The molecule has 1 aromatic heterocycles. The lowest BCUT2D eigenvalue weighted by molar-refractivity contribution is -0.156. The van der Waals surface area contributed by atoms with Crippen LogP contribution >= 0.6 is 11.6 Å². The summed E-state index contributed by atoms with van der Waals surface area (Å²) >= 11 is 6.07. The molecular weight excluding hydrogens is 463 g/mol. The molecule has 2 aromatic rings. The monoisotopic (exact) mass is 485 g/mol. The molecule has 4 rings (SSSR count). The molecule has 3 heterocycles. The molecule has 0 bridgehead atoms. The molecule has 178 valence electrons. The highest BCUT2D eigenvalue weighted by molar-refractivity contribution is 6.28. The van der Waals surface area contributed by atoms with Crippen molar-refractivity contribution in [3.05, 3.63) is 45.9 Å². The van der Waals surface area contributed by atoms with Crippen LogP contribution in [-0.2, 0) is 40.0 Å². The van der Waals surface area contributed by atoms with Gasteiger partial charge in [0, 0.05) is 44.3 Å². The van der Waals surface area contributed by atoms with Crippen LogP contribution in [0.15, 0.2) is 18.2 Å². The summed E-state index contributed by atoms with van der Waals surface area (Å²) in [5, 5.41) is 3.05. The number of nitrogens with zero attached hydrogens (tertiary/aromatic N) is 3. The van der Waals surface area contributed by atoms with Crippen molar-refractivity contribution in [1.29, 1.82) is 0 Å². The van der Waals surface area contributed by atoms with Gasteiger partial charge in [0.15, 0.2) is 5.60 Å². The van der Waals surface area contributed by atoms with Crippen molar-refractivity contribution in [2.24, 2.45) is 0 Å². The Hall–Kier alpha value is -2.63. The summed E-state index contributed by atoms with van der Waals surface area (Å²) in [6.07, 6.45) is -3.59. The fourth-order valence-electron chi connectivity index (χ4n) is 4.12. The molecular formula is C21H23ClF3N5O3. The Labute approximate surface area is 193 Å². The standard InChI is InChI=1S/C21H23ClF3N5O3/c1-32-20(3-5-33-11-20)18(31)30-4-2-16-15(10-30)17(29-19(22)28-16)27-9-12-6-13(21(23,24)25)8-14(26)7-12/h6-8H,2-5,9-11,26H2,1H3,(H,27,28,29). The second kappa shape index (κ2) is 8.96. The van der Waals surface area contributed by atoms with E-state index in [4.69, 9.17) is 26.8 Å². The molecule has 0 radical (unpaired) electrons. The van der Waals surface area contributed by atoms with Crippen molar-refractivity contribution in [3.63, 3.8) is 0 Å². The first-order valence-corrected chi connectivity index (χ1v) is 10.7. The molecule has 0 saturated carbocycles. The fraction of sp³-hybridized carbons (Fsp3) is 0.476. The van der Waals surface area contributed by atoms with Gasteiger partial charge in [0.05, 0.1) is 31.0 Å². The highest BCUT2D eigenvalue weighted by Gasteiger charge is 2.46. The number of halogens is 4. The summed E-state index contributed by atoms with van der Waals surface area (Å²) in [6, 6.07) is 3.36. The first-order valence-electron chi connectivity index (χ1n) is 10.3. The number of rotatable bonds is 5. The van der Waals surface area contributed by atoms with E-state index in [1.807, 2.05) is 0 Å². The zero-order valence-corrected chi connectivity index (χ0v) is 18.6. The predicted molar refractivity (Wildman–Crippen MR) is 115 cm³/mol. The summed E-state index contributed by atoms with van der Waals surface area (Å²) < 4.78 is 50.3. The Morgan fingerprint density at radius 3 is 2.82 bits per heavy atom. The Morgan fingerprint density at radius 2 is 2.15 bits per heavy atom. The highest BCUT2D eigenvalue weighted by Crippen LogP contribution is 2.33. The molecule has 2 aliphatic rings. The molecule has 1 aromatic carbocycles. The number of nitrogen functional groups attached to an aromatic ring is 1. The number of amides is 1. The van der Waals surface area contributed by atoms with Gasteiger partial charge in [0.25, 0.3) is 5.91 Å². The van der Waals surface area contributed by atoms with Gasteiger partial charge in [-0.3, -0.25) is 4.79 Å². The molecule has 3 N–H and O–H groups in total. The van der Waals surface area contributed by atoms with Gasteiger partial charge < -0.3 is 25.4 Å². The third-order valence-electron chi connectivity index (χ3n) is 5.89. The van der Waals surface area contributed by atoms with E-state index in [1.165, 1.54) is 13.2 Å². The van der Waals surface area contributed by atoms with E-state index < -0.39 is 17.3 Å². The number of carbonyl (C=O) groups is 1. The Balaban J connectivity index is 1.57.